The molecule has 0 saturated carbocycles. The highest BCUT2D eigenvalue weighted by atomic mass is 32.2. The van der Waals surface area contributed by atoms with Crippen LogP contribution in [0, 0.1) is 0 Å². The smallest absolute Gasteiger partial charge is 0.376 e. The largest absolute Gasteiger partial charge is 0.388 e. The van der Waals surface area contributed by atoms with Gasteiger partial charge in [-0.05, 0) is 29.9 Å². The molecule has 7 heteroatoms. The van der Waals surface area contributed by atoms with E-state index in [1.54, 1.807) is 48.5 Å². The van der Waals surface area contributed by atoms with E-state index in [2.05, 4.69) is 5.59 Å². The van der Waals surface area contributed by atoms with E-state index < -0.39 is 10.3 Å². The third kappa shape index (κ3) is 3.68. The summed E-state index contributed by atoms with van der Waals surface area (Å²) in [4.78, 5) is 5.09. The molecule has 0 radical (unpaired) electrons. The van der Waals surface area contributed by atoms with Crippen molar-refractivity contribution in [3.63, 3.8) is 0 Å². The third-order valence-corrected chi connectivity index (χ3v) is 2.96. The van der Waals surface area contributed by atoms with Crippen molar-refractivity contribution in [2.45, 2.75) is 0 Å². The summed E-state index contributed by atoms with van der Waals surface area (Å²) < 4.78 is 32.3. The Bertz CT molecular complexity index is 617. The number of hydrogen-bond donors (Lipinski definition) is 2. The van der Waals surface area contributed by atoms with Crippen molar-refractivity contribution in [2.75, 3.05) is 4.41 Å². The van der Waals surface area contributed by atoms with Crippen LogP contribution < -0.4 is 14.8 Å². The van der Waals surface area contributed by atoms with E-state index in [1.807, 2.05) is 0 Å². The molecule has 0 saturated heterocycles. The Morgan fingerprint density at radius 2 is 1.47 bits per heavy atom. The molecule has 100 valence electrons. The lowest BCUT2D eigenvalue weighted by atomic mass is 10.3. The molecule has 2 aromatic rings. The predicted molar refractivity (Wildman–Crippen MR) is 70.7 cm³/mol. The van der Waals surface area contributed by atoms with E-state index in [0.29, 0.717) is 10.2 Å². The van der Waals surface area contributed by atoms with Crippen molar-refractivity contribution in [1.29, 1.82) is 0 Å². The van der Waals surface area contributed by atoms with Crippen molar-refractivity contribution in [1.82, 2.24) is 5.59 Å². The molecule has 0 unspecified atom stereocenters. The summed E-state index contributed by atoms with van der Waals surface area (Å²) >= 11 is 0. The fourth-order valence-electron chi connectivity index (χ4n) is 1.38. The highest BCUT2D eigenvalue weighted by Crippen LogP contribution is 2.15. The zero-order valence-corrected chi connectivity index (χ0v) is 10.6. The first kappa shape index (κ1) is 13.3. The fourth-order valence-corrected chi connectivity index (χ4v) is 1.90. The second-order valence-electron chi connectivity index (χ2n) is 3.58. The maximum Gasteiger partial charge on any atom is 0.376 e. The molecule has 0 bridgehead atoms. The maximum absolute atomic E-state index is 11.3. The van der Waals surface area contributed by atoms with Crippen LogP contribution in [0.3, 0.4) is 0 Å². The number of hydrazine groups is 1. The molecule has 2 rings (SSSR count). The van der Waals surface area contributed by atoms with Crippen LogP contribution >= 0.6 is 0 Å². The Hall–Kier alpha value is -2.09. The van der Waals surface area contributed by atoms with Crippen LogP contribution in [0.2, 0.25) is 0 Å². The van der Waals surface area contributed by atoms with Gasteiger partial charge in [-0.25, -0.2) is 0 Å². The van der Waals surface area contributed by atoms with Crippen LogP contribution in [0.1, 0.15) is 0 Å². The number of benzene rings is 2. The quantitative estimate of drug-likeness (QED) is 0.645. The molecule has 0 aliphatic heterocycles. The maximum atomic E-state index is 11.3. The third-order valence-electron chi connectivity index (χ3n) is 2.21. The normalized spacial score (nSPS) is 11.0. The number of nitrogens with zero attached hydrogens (tertiary/aromatic N) is 1. The summed E-state index contributed by atoms with van der Waals surface area (Å²) in [5.41, 5.74) is 2.41. The van der Waals surface area contributed by atoms with Gasteiger partial charge in [-0.2, -0.15) is 8.42 Å². The van der Waals surface area contributed by atoms with Crippen LogP contribution in [0.4, 0.5) is 5.69 Å². The lowest BCUT2D eigenvalue weighted by Crippen LogP contribution is -2.44. The Kier molecular flexibility index (Phi) is 4.00. The van der Waals surface area contributed by atoms with Crippen molar-refractivity contribution >= 4 is 16.0 Å². The van der Waals surface area contributed by atoms with E-state index in [9.17, 15) is 8.42 Å². The van der Waals surface area contributed by atoms with Gasteiger partial charge in [0.2, 0.25) is 0 Å². The van der Waals surface area contributed by atoms with E-state index in [4.69, 9.17) is 9.39 Å². The second-order valence-corrected chi connectivity index (χ2v) is 4.84. The van der Waals surface area contributed by atoms with Gasteiger partial charge in [0.05, 0.1) is 5.69 Å². The van der Waals surface area contributed by atoms with Gasteiger partial charge in [0.15, 0.2) is 0 Å². The van der Waals surface area contributed by atoms with Crippen molar-refractivity contribution < 1.29 is 17.8 Å². The lowest BCUT2D eigenvalue weighted by Gasteiger charge is -2.20. The molecule has 2 aromatic carbocycles. The van der Waals surface area contributed by atoms with Crippen LogP contribution in [-0.2, 0) is 10.3 Å². The van der Waals surface area contributed by atoms with Crippen LogP contribution in [0.15, 0.2) is 60.7 Å². The van der Waals surface area contributed by atoms with Crippen LogP contribution in [-0.4, -0.2) is 13.0 Å². The molecule has 2 N–H and O–H groups in total. The topological polar surface area (TPSA) is 78.9 Å². The summed E-state index contributed by atoms with van der Waals surface area (Å²) in [6.07, 6.45) is 0. The van der Waals surface area contributed by atoms with Gasteiger partial charge in [0.25, 0.3) is 0 Å². The molecule has 6 nitrogen and oxygen atoms in total. The summed E-state index contributed by atoms with van der Waals surface area (Å²) in [6.45, 7) is 0. The van der Waals surface area contributed by atoms with Gasteiger partial charge >= 0.3 is 10.3 Å². The Labute approximate surface area is 111 Å². The van der Waals surface area contributed by atoms with E-state index in [1.165, 1.54) is 12.1 Å². The van der Waals surface area contributed by atoms with Crippen molar-refractivity contribution in [3.8, 4) is 5.75 Å². The molecule has 0 spiro atoms. The van der Waals surface area contributed by atoms with E-state index >= 15 is 0 Å². The Morgan fingerprint density at radius 3 is 2.00 bits per heavy atom. The van der Waals surface area contributed by atoms with Gasteiger partial charge in [0.1, 0.15) is 5.75 Å². The van der Waals surface area contributed by atoms with Gasteiger partial charge in [-0.15, -0.1) is 4.41 Å². The minimum atomic E-state index is -4.49. The van der Waals surface area contributed by atoms with Crippen molar-refractivity contribution in [3.05, 3.63) is 60.7 Å². The predicted octanol–water partition coefficient (Wildman–Crippen LogP) is 1.79. The second kappa shape index (κ2) is 5.70. The first-order valence-electron chi connectivity index (χ1n) is 5.38. The Balaban J connectivity index is 2.17. The van der Waals surface area contributed by atoms with Gasteiger partial charge < -0.3 is 4.84 Å². The minimum Gasteiger partial charge on any atom is -0.388 e. The van der Waals surface area contributed by atoms with Gasteiger partial charge in [-0.1, -0.05) is 36.4 Å². The highest BCUT2D eigenvalue weighted by Gasteiger charge is 2.20. The minimum absolute atomic E-state index is 0.223. The molecule has 0 aliphatic carbocycles. The molecular weight excluding hydrogens is 268 g/mol. The monoisotopic (exact) mass is 280 g/mol. The fraction of sp³-hybridized carbons (Fsp3) is 0. The SMILES string of the molecule is O=S(=O)(O)N(NOc1ccccc1)c1ccccc1. The molecule has 0 fully saturated rings. The zero-order chi connectivity index (χ0) is 13.7. The van der Waals surface area contributed by atoms with Crippen LogP contribution in [0.5, 0.6) is 5.75 Å². The molecule has 0 amide bonds. The van der Waals surface area contributed by atoms with Gasteiger partial charge in [-0.3, -0.25) is 4.55 Å². The Morgan fingerprint density at radius 1 is 0.947 bits per heavy atom. The first-order chi connectivity index (χ1) is 9.07. The number of para-hydroxylation sites is 2. The molecule has 0 heterocycles. The average molecular weight is 280 g/mol. The molecule has 0 atom stereocenters. The summed E-state index contributed by atoms with van der Waals surface area (Å²) in [6, 6.07) is 16.6. The molecule has 0 aliphatic rings. The number of anilines is 1. The van der Waals surface area contributed by atoms with E-state index in [-0.39, 0.29) is 5.69 Å². The van der Waals surface area contributed by atoms with Crippen molar-refractivity contribution in [2.24, 2.45) is 0 Å². The van der Waals surface area contributed by atoms with Gasteiger partial charge in [0, 0.05) is 0 Å². The lowest BCUT2D eigenvalue weighted by molar-refractivity contribution is 0.199. The highest BCUT2D eigenvalue weighted by molar-refractivity contribution is 7.87. The molecule has 19 heavy (non-hydrogen) atoms. The standard InChI is InChI=1S/C12H12N2O4S/c15-19(16,17)14(11-7-3-1-4-8-11)13-18-12-9-5-2-6-10-12/h1-10,13H,(H,15,16,17). The number of rotatable bonds is 5. The molecular formula is C12H12N2O4S. The summed E-state index contributed by atoms with van der Waals surface area (Å²) in [7, 11) is -4.49. The molecule has 0 aromatic heterocycles. The summed E-state index contributed by atoms with van der Waals surface area (Å²) in [5.74, 6) is 0.409. The number of hydrogen-bond acceptors (Lipinski definition) is 4. The first-order valence-corrected chi connectivity index (χ1v) is 6.77. The average Bonchev–Trinajstić information content (AvgIpc) is 2.40. The number of nitrogens with one attached hydrogen (secondary N) is 1. The van der Waals surface area contributed by atoms with E-state index in [0.717, 1.165) is 0 Å². The van der Waals surface area contributed by atoms with Crippen LogP contribution in [0.25, 0.3) is 0 Å². The summed E-state index contributed by atoms with van der Waals surface area (Å²) in [5, 5.41) is 0. The zero-order valence-electron chi connectivity index (χ0n) is 9.80.